The van der Waals surface area contributed by atoms with Gasteiger partial charge in [-0.3, -0.25) is 4.79 Å². The van der Waals surface area contributed by atoms with E-state index in [4.69, 9.17) is 17.3 Å². The Morgan fingerprint density at radius 3 is 2.78 bits per heavy atom. The maximum Gasteiger partial charge on any atom is 0.240 e. The second kappa shape index (κ2) is 8.53. The average Bonchev–Trinajstić information content (AvgIpc) is 2.72. The molecule has 1 rings (SSSR count). The minimum absolute atomic E-state index is 0. The van der Waals surface area contributed by atoms with Gasteiger partial charge in [0.1, 0.15) is 0 Å². The summed E-state index contributed by atoms with van der Waals surface area (Å²) in [4.78, 5) is 14.7. The lowest BCUT2D eigenvalue weighted by atomic mass is 10.2. The molecule has 0 spiro atoms. The van der Waals surface area contributed by atoms with Gasteiger partial charge in [0.2, 0.25) is 5.91 Å². The van der Waals surface area contributed by atoms with Gasteiger partial charge in [-0.2, -0.15) is 0 Å². The standard InChI is InChI=1S/C12H17ClN2OS.ClH/c1-3-7-15(12(16)10(14)4-2)8-9-5-6-11(13)17-9;/h3,5-6,10H,1,4,7-8,14H2,2H3;1H/t10-;/m0./s1. The number of carbonyl (C=O) groups is 1. The zero-order chi connectivity index (χ0) is 12.8. The van der Waals surface area contributed by atoms with E-state index in [0.29, 0.717) is 19.5 Å². The monoisotopic (exact) mass is 308 g/mol. The van der Waals surface area contributed by atoms with Gasteiger partial charge in [-0.25, -0.2) is 0 Å². The van der Waals surface area contributed by atoms with E-state index in [1.165, 1.54) is 11.3 Å². The van der Waals surface area contributed by atoms with Crippen LogP contribution < -0.4 is 5.73 Å². The number of halogens is 2. The van der Waals surface area contributed by atoms with E-state index in [2.05, 4.69) is 6.58 Å². The van der Waals surface area contributed by atoms with Gasteiger partial charge >= 0.3 is 0 Å². The summed E-state index contributed by atoms with van der Waals surface area (Å²) in [6.07, 6.45) is 2.34. The molecule has 1 atom stereocenters. The van der Waals surface area contributed by atoms with E-state index in [-0.39, 0.29) is 18.3 Å². The van der Waals surface area contributed by atoms with Crippen LogP contribution in [-0.2, 0) is 11.3 Å². The molecule has 0 bridgehead atoms. The Kier molecular flexibility index (Phi) is 8.27. The minimum Gasteiger partial charge on any atom is -0.332 e. The van der Waals surface area contributed by atoms with Crippen molar-refractivity contribution in [1.82, 2.24) is 4.90 Å². The smallest absolute Gasteiger partial charge is 0.240 e. The average molecular weight is 309 g/mol. The predicted octanol–water partition coefficient (Wildman–Crippen LogP) is 3.08. The highest BCUT2D eigenvalue weighted by Gasteiger charge is 2.19. The number of hydrogen-bond acceptors (Lipinski definition) is 3. The zero-order valence-corrected chi connectivity index (χ0v) is 12.7. The maximum atomic E-state index is 12.0. The fourth-order valence-electron chi connectivity index (χ4n) is 1.42. The summed E-state index contributed by atoms with van der Waals surface area (Å²) in [6.45, 7) is 6.60. The Bertz CT molecular complexity index is 395. The van der Waals surface area contributed by atoms with E-state index in [0.717, 1.165) is 9.21 Å². The molecule has 0 aliphatic carbocycles. The van der Waals surface area contributed by atoms with Crippen LogP contribution in [0.3, 0.4) is 0 Å². The summed E-state index contributed by atoms with van der Waals surface area (Å²) in [5.41, 5.74) is 5.76. The predicted molar refractivity (Wildman–Crippen MR) is 80.5 cm³/mol. The topological polar surface area (TPSA) is 46.3 Å². The second-order valence-corrected chi connectivity index (χ2v) is 5.53. The summed E-state index contributed by atoms with van der Waals surface area (Å²) in [7, 11) is 0. The number of nitrogens with two attached hydrogens (primary N) is 1. The van der Waals surface area contributed by atoms with Gasteiger partial charge in [-0.1, -0.05) is 24.6 Å². The van der Waals surface area contributed by atoms with Crippen molar-refractivity contribution in [2.45, 2.75) is 25.9 Å². The van der Waals surface area contributed by atoms with Crippen molar-refractivity contribution >= 4 is 41.3 Å². The summed E-state index contributed by atoms with van der Waals surface area (Å²) >= 11 is 7.34. The van der Waals surface area contributed by atoms with Gasteiger partial charge in [-0.15, -0.1) is 30.3 Å². The van der Waals surface area contributed by atoms with Gasteiger partial charge < -0.3 is 10.6 Å². The van der Waals surface area contributed by atoms with E-state index in [9.17, 15) is 4.79 Å². The summed E-state index contributed by atoms with van der Waals surface area (Å²) in [5.74, 6) is -0.0445. The van der Waals surface area contributed by atoms with Gasteiger partial charge in [0.25, 0.3) is 0 Å². The third-order valence-electron chi connectivity index (χ3n) is 2.39. The Hall–Kier alpha value is -0.550. The number of hydrogen-bond donors (Lipinski definition) is 1. The lowest BCUT2D eigenvalue weighted by Crippen LogP contribution is -2.42. The minimum atomic E-state index is -0.439. The van der Waals surface area contributed by atoms with Crippen LogP contribution in [0.4, 0.5) is 0 Å². The third-order valence-corrected chi connectivity index (χ3v) is 3.61. The second-order valence-electron chi connectivity index (χ2n) is 3.73. The highest BCUT2D eigenvalue weighted by molar-refractivity contribution is 7.16. The largest absolute Gasteiger partial charge is 0.332 e. The molecular formula is C12H18Cl2N2OS. The highest BCUT2D eigenvalue weighted by Crippen LogP contribution is 2.22. The molecule has 0 aromatic carbocycles. The van der Waals surface area contributed by atoms with Crippen molar-refractivity contribution < 1.29 is 4.79 Å². The molecule has 102 valence electrons. The van der Waals surface area contributed by atoms with Gasteiger partial charge in [0, 0.05) is 11.4 Å². The molecule has 1 aromatic rings. The Labute approximate surface area is 123 Å². The van der Waals surface area contributed by atoms with E-state index < -0.39 is 6.04 Å². The molecule has 0 aliphatic rings. The Morgan fingerprint density at radius 2 is 2.33 bits per heavy atom. The van der Waals surface area contributed by atoms with Crippen LogP contribution in [0.15, 0.2) is 24.8 Å². The molecule has 0 fully saturated rings. The van der Waals surface area contributed by atoms with Crippen LogP contribution in [0, 0.1) is 0 Å². The molecule has 1 aromatic heterocycles. The number of nitrogens with zero attached hydrogens (tertiary/aromatic N) is 1. The first-order chi connectivity index (χ1) is 8.08. The number of thiophene rings is 1. The quantitative estimate of drug-likeness (QED) is 0.821. The molecule has 0 unspecified atom stereocenters. The first-order valence-corrected chi connectivity index (χ1v) is 6.67. The van der Waals surface area contributed by atoms with Crippen LogP contribution >= 0.6 is 35.3 Å². The normalized spacial score (nSPS) is 11.5. The van der Waals surface area contributed by atoms with E-state index in [1.54, 1.807) is 11.0 Å². The molecule has 0 saturated carbocycles. The number of amides is 1. The highest BCUT2D eigenvalue weighted by atomic mass is 35.5. The molecule has 0 radical (unpaired) electrons. The molecule has 0 saturated heterocycles. The van der Waals surface area contributed by atoms with Crippen LogP contribution in [0.25, 0.3) is 0 Å². The fraction of sp³-hybridized carbons (Fsp3) is 0.417. The number of rotatable bonds is 6. The van der Waals surface area contributed by atoms with Crippen LogP contribution in [0.2, 0.25) is 4.34 Å². The van der Waals surface area contributed by atoms with Crippen molar-refractivity contribution in [3.05, 3.63) is 34.0 Å². The Balaban J connectivity index is 0.00000289. The van der Waals surface area contributed by atoms with Crippen molar-refractivity contribution in [2.24, 2.45) is 5.73 Å². The molecule has 1 amide bonds. The first-order valence-electron chi connectivity index (χ1n) is 5.48. The molecule has 6 heteroatoms. The summed E-state index contributed by atoms with van der Waals surface area (Å²) in [6, 6.07) is 3.32. The molecule has 18 heavy (non-hydrogen) atoms. The lowest BCUT2D eigenvalue weighted by molar-refractivity contribution is -0.132. The van der Waals surface area contributed by atoms with Crippen molar-refractivity contribution in [3.63, 3.8) is 0 Å². The summed E-state index contributed by atoms with van der Waals surface area (Å²) < 4.78 is 0.728. The van der Waals surface area contributed by atoms with Crippen molar-refractivity contribution in [1.29, 1.82) is 0 Å². The first kappa shape index (κ1) is 17.4. The van der Waals surface area contributed by atoms with E-state index >= 15 is 0 Å². The molecule has 3 nitrogen and oxygen atoms in total. The van der Waals surface area contributed by atoms with Crippen LogP contribution in [0.5, 0.6) is 0 Å². The maximum absolute atomic E-state index is 12.0. The Morgan fingerprint density at radius 1 is 1.67 bits per heavy atom. The van der Waals surface area contributed by atoms with Crippen molar-refractivity contribution in [3.8, 4) is 0 Å². The molecule has 2 N–H and O–H groups in total. The third kappa shape index (κ3) is 4.98. The van der Waals surface area contributed by atoms with Gasteiger partial charge in [-0.05, 0) is 18.6 Å². The lowest BCUT2D eigenvalue weighted by Gasteiger charge is -2.23. The molecular weight excluding hydrogens is 291 g/mol. The van der Waals surface area contributed by atoms with Crippen LogP contribution in [-0.4, -0.2) is 23.4 Å². The summed E-state index contributed by atoms with van der Waals surface area (Å²) in [5, 5.41) is 0. The van der Waals surface area contributed by atoms with E-state index in [1.807, 2.05) is 19.1 Å². The van der Waals surface area contributed by atoms with Gasteiger partial charge in [0.15, 0.2) is 0 Å². The molecule has 1 heterocycles. The van der Waals surface area contributed by atoms with Gasteiger partial charge in [0.05, 0.1) is 16.9 Å². The molecule has 0 aliphatic heterocycles. The fourth-order valence-corrected chi connectivity index (χ4v) is 2.53. The SMILES string of the molecule is C=CCN(Cc1ccc(Cl)s1)C(=O)[C@@H](N)CC.Cl. The zero-order valence-electron chi connectivity index (χ0n) is 10.3. The van der Waals surface area contributed by atoms with Crippen LogP contribution in [0.1, 0.15) is 18.2 Å². The van der Waals surface area contributed by atoms with Crippen molar-refractivity contribution in [2.75, 3.05) is 6.54 Å². The number of carbonyl (C=O) groups excluding carboxylic acids is 1.